The van der Waals surface area contributed by atoms with Crippen LogP contribution in [0.15, 0.2) is 42.5 Å². The van der Waals surface area contributed by atoms with Crippen molar-refractivity contribution in [3.05, 3.63) is 53.6 Å². The zero-order chi connectivity index (χ0) is 19.6. The molecule has 5 heteroatoms. The molecule has 0 aliphatic heterocycles. The fraction of sp³-hybridized carbons (Fsp3) is 0.273. The predicted octanol–water partition coefficient (Wildman–Crippen LogP) is 5.29. The quantitative estimate of drug-likeness (QED) is 0.624. The second-order valence-corrected chi connectivity index (χ2v) is 6.55. The van der Waals surface area contributed by atoms with E-state index >= 15 is 0 Å². The van der Waals surface area contributed by atoms with E-state index in [9.17, 15) is 9.90 Å². The van der Waals surface area contributed by atoms with Gasteiger partial charge in [0.15, 0.2) is 11.6 Å². The number of hydrogen-bond donors (Lipinski definition) is 1. The SMILES string of the molecule is CCc1cc(C)c2nc(N(C)CC)c(OC(=O)O)c(-c3ccccc3)c2c1. The summed E-state index contributed by atoms with van der Waals surface area (Å²) in [5, 5.41) is 10.3. The van der Waals surface area contributed by atoms with E-state index in [-0.39, 0.29) is 5.75 Å². The van der Waals surface area contributed by atoms with Crippen LogP contribution in [0.3, 0.4) is 0 Å². The summed E-state index contributed by atoms with van der Waals surface area (Å²) in [5.41, 5.74) is 4.77. The van der Waals surface area contributed by atoms with Gasteiger partial charge in [0, 0.05) is 24.5 Å². The Hall–Kier alpha value is -3.08. The van der Waals surface area contributed by atoms with Crippen molar-refractivity contribution in [3.8, 4) is 16.9 Å². The third-order valence-corrected chi connectivity index (χ3v) is 4.77. The molecule has 0 aliphatic carbocycles. The maximum atomic E-state index is 11.5. The van der Waals surface area contributed by atoms with E-state index in [4.69, 9.17) is 9.72 Å². The molecular weight excluding hydrogens is 340 g/mol. The highest BCUT2D eigenvalue weighted by atomic mass is 16.7. The van der Waals surface area contributed by atoms with Gasteiger partial charge in [0.05, 0.1) is 5.52 Å². The van der Waals surface area contributed by atoms with Crippen molar-refractivity contribution in [1.82, 2.24) is 4.98 Å². The Morgan fingerprint density at radius 2 is 1.89 bits per heavy atom. The average molecular weight is 364 g/mol. The summed E-state index contributed by atoms with van der Waals surface area (Å²) < 4.78 is 5.29. The summed E-state index contributed by atoms with van der Waals surface area (Å²) in [5.74, 6) is 0.803. The molecule has 2 aromatic carbocycles. The molecular formula is C22H24N2O3. The van der Waals surface area contributed by atoms with Gasteiger partial charge >= 0.3 is 6.16 Å². The molecule has 0 bridgehead atoms. The largest absolute Gasteiger partial charge is 0.511 e. The Morgan fingerprint density at radius 3 is 2.48 bits per heavy atom. The molecule has 1 aromatic heterocycles. The van der Waals surface area contributed by atoms with Crippen molar-refractivity contribution >= 4 is 22.9 Å². The fourth-order valence-electron chi connectivity index (χ4n) is 3.27. The maximum absolute atomic E-state index is 11.5. The van der Waals surface area contributed by atoms with Crippen molar-refractivity contribution in [1.29, 1.82) is 0 Å². The number of pyridine rings is 1. The van der Waals surface area contributed by atoms with Gasteiger partial charge in [-0.3, -0.25) is 0 Å². The van der Waals surface area contributed by atoms with Gasteiger partial charge in [-0.2, -0.15) is 0 Å². The van der Waals surface area contributed by atoms with Crippen molar-refractivity contribution in [3.63, 3.8) is 0 Å². The molecule has 3 rings (SSSR count). The zero-order valence-corrected chi connectivity index (χ0v) is 16.1. The van der Waals surface area contributed by atoms with Crippen LogP contribution in [0.5, 0.6) is 5.75 Å². The second-order valence-electron chi connectivity index (χ2n) is 6.55. The van der Waals surface area contributed by atoms with Crippen LogP contribution >= 0.6 is 0 Å². The van der Waals surface area contributed by atoms with E-state index in [0.717, 1.165) is 34.0 Å². The summed E-state index contributed by atoms with van der Waals surface area (Å²) in [6, 6.07) is 14.0. The molecule has 140 valence electrons. The van der Waals surface area contributed by atoms with Gasteiger partial charge in [-0.1, -0.05) is 43.3 Å². The molecule has 5 nitrogen and oxygen atoms in total. The third kappa shape index (κ3) is 3.58. The number of rotatable bonds is 5. The Bertz CT molecular complexity index is 984. The molecule has 1 heterocycles. The predicted molar refractivity (Wildman–Crippen MR) is 109 cm³/mol. The number of aryl methyl sites for hydroxylation is 2. The highest BCUT2D eigenvalue weighted by Gasteiger charge is 2.23. The van der Waals surface area contributed by atoms with Gasteiger partial charge in [-0.25, -0.2) is 9.78 Å². The minimum Gasteiger partial charge on any atom is -0.449 e. The minimum atomic E-state index is -1.34. The van der Waals surface area contributed by atoms with Gasteiger partial charge in [-0.05, 0) is 43.0 Å². The monoisotopic (exact) mass is 364 g/mol. The van der Waals surface area contributed by atoms with Crippen LogP contribution in [-0.2, 0) is 6.42 Å². The number of nitrogens with zero attached hydrogens (tertiary/aromatic N) is 2. The lowest BCUT2D eigenvalue weighted by Crippen LogP contribution is -2.20. The first-order valence-corrected chi connectivity index (χ1v) is 9.10. The number of carboxylic acid groups (broad SMARTS) is 1. The Labute approximate surface area is 159 Å². The molecule has 27 heavy (non-hydrogen) atoms. The summed E-state index contributed by atoms with van der Waals surface area (Å²) in [7, 11) is 1.88. The van der Waals surface area contributed by atoms with Crippen LogP contribution in [0, 0.1) is 6.92 Å². The first-order chi connectivity index (χ1) is 13.0. The number of hydrogen-bond acceptors (Lipinski definition) is 4. The van der Waals surface area contributed by atoms with E-state index in [1.165, 1.54) is 5.56 Å². The Kier molecular flexibility index (Phi) is 5.31. The van der Waals surface area contributed by atoms with Crippen molar-refractivity contribution in [2.24, 2.45) is 0 Å². The number of aromatic nitrogens is 1. The standard InChI is InChI=1S/C22H24N2O3/c1-5-15-12-14(3)19-17(13-15)18(16-10-8-7-9-11-16)20(27-22(25)26)21(23-19)24(4)6-2/h7-13H,5-6H2,1-4H3,(H,25,26). The normalized spacial score (nSPS) is 10.8. The fourth-order valence-corrected chi connectivity index (χ4v) is 3.27. The highest BCUT2D eigenvalue weighted by molar-refractivity contribution is 6.02. The van der Waals surface area contributed by atoms with E-state index in [1.54, 1.807) is 0 Å². The second kappa shape index (κ2) is 7.66. The topological polar surface area (TPSA) is 62.7 Å². The van der Waals surface area contributed by atoms with Crippen molar-refractivity contribution in [2.75, 3.05) is 18.5 Å². The minimum absolute atomic E-state index is 0.276. The molecule has 0 saturated carbocycles. The van der Waals surface area contributed by atoms with Gasteiger partial charge in [0.25, 0.3) is 0 Å². The van der Waals surface area contributed by atoms with Gasteiger partial charge < -0.3 is 14.7 Å². The molecule has 0 atom stereocenters. The van der Waals surface area contributed by atoms with Crippen LogP contribution < -0.4 is 9.64 Å². The highest BCUT2D eigenvalue weighted by Crippen LogP contribution is 2.43. The summed E-state index contributed by atoms with van der Waals surface area (Å²) in [6.45, 7) is 6.81. The lowest BCUT2D eigenvalue weighted by atomic mass is 9.95. The van der Waals surface area contributed by atoms with Crippen LogP contribution in [-0.4, -0.2) is 29.8 Å². The van der Waals surface area contributed by atoms with Crippen molar-refractivity contribution in [2.45, 2.75) is 27.2 Å². The number of carbonyl (C=O) groups is 1. The Balaban J connectivity index is 2.49. The first-order valence-electron chi connectivity index (χ1n) is 9.10. The van der Waals surface area contributed by atoms with Crippen molar-refractivity contribution < 1.29 is 14.6 Å². The lowest BCUT2D eigenvalue weighted by molar-refractivity contribution is 0.144. The van der Waals surface area contributed by atoms with Crippen LogP contribution in [0.25, 0.3) is 22.0 Å². The number of benzene rings is 2. The third-order valence-electron chi connectivity index (χ3n) is 4.77. The smallest absolute Gasteiger partial charge is 0.449 e. The van der Waals surface area contributed by atoms with Crippen LogP contribution in [0.4, 0.5) is 10.6 Å². The summed E-state index contributed by atoms with van der Waals surface area (Å²) >= 11 is 0. The molecule has 0 unspecified atom stereocenters. The molecule has 1 N–H and O–H groups in total. The number of ether oxygens (including phenoxy) is 1. The Morgan fingerprint density at radius 1 is 1.19 bits per heavy atom. The van der Waals surface area contributed by atoms with Crippen LogP contribution in [0.1, 0.15) is 25.0 Å². The first kappa shape index (κ1) is 18.7. The average Bonchev–Trinajstić information content (AvgIpc) is 2.67. The molecule has 0 spiro atoms. The van der Waals surface area contributed by atoms with Gasteiger partial charge in [0.1, 0.15) is 0 Å². The molecule has 0 saturated heterocycles. The molecule has 0 aliphatic rings. The maximum Gasteiger partial charge on any atom is 0.511 e. The molecule has 0 fully saturated rings. The molecule has 0 amide bonds. The van der Waals surface area contributed by atoms with E-state index in [2.05, 4.69) is 19.1 Å². The number of anilines is 1. The lowest BCUT2D eigenvalue weighted by Gasteiger charge is -2.23. The number of fused-ring (bicyclic) bond motifs is 1. The zero-order valence-electron chi connectivity index (χ0n) is 16.1. The van der Waals surface area contributed by atoms with E-state index in [0.29, 0.717) is 12.4 Å². The summed E-state index contributed by atoms with van der Waals surface area (Å²) in [4.78, 5) is 18.2. The van der Waals surface area contributed by atoms with Gasteiger partial charge in [-0.15, -0.1) is 0 Å². The van der Waals surface area contributed by atoms with Crippen LogP contribution in [0.2, 0.25) is 0 Å². The van der Waals surface area contributed by atoms with Gasteiger partial charge in [0.2, 0.25) is 0 Å². The molecule has 0 radical (unpaired) electrons. The van der Waals surface area contributed by atoms with E-state index < -0.39 is 6.16 Å². The van der Waals surface area contributed by atoms with E-state index in [1.807, 2.05) is 56.1 Å². The summed E-state index contributed by atoms with van der Waals surface area (Å²) in [6.07, 6.45) is -0.459. The molecule has 3 aromatic rings.